The Morgan fingerprint density at radius 2 is 1.83 bits per heavy atom. The third-order valence-electron chi connectivity index (χ3n) is 5.88. The van der Waals surface area contributed by atoms with Gasteiger partial charge in [0, 0.05) is 13.1 Å². The van der Waals surface area contributed by atoms with Crippen LogP contribution in [0.25, 0.3) is 22.3 Å². The number of nitrogens with zero attached hydrogens (tertiary/aromatic N) is 4. The van der Waals surface area contributed by atoms with Gasteiger partial charge in [0.05, 0.1) is 23.9 Å². The molecule has 0 saturated heterocycles. The molecule has 190 valence electrons. The van der Waals surface area contributed by atoms with Gasteiger partial charge in [-0.15, -0.1) is 0 Å². The molecule has 9 heteroatoms. The number of pyridine rings is 1. The average Bonchev–Trinajstić information content (AvgIpc) is 3.22. The quantitative estimate of drug-likeness (QED) is 0.446. The van der Waals surface area contributed by atoms with E-state index in [0.717, 1.165) is 22.2 Å². The number of fused-ring (bicyclic) bond motifs is 1. The Balaban J connectivity index is 1.86. The molecule has 8 nitrogen and oxygen atoms in total. The molecular formula is C27H31FN4O4. The molecule has 36 heavy (non-hydrogen) atoms. The lowest BCUT2D eigenvalue weighted by Crippen LogP contribution is -2.39. The molecule has 0 aliphatic carbocycles. The van der Waals surface area contributed by atoms with Crippen LogP contribution in [0.5, 0.6) is 0 Å². The highest BCUT2D eigenvalue weighted by molar-refractivity contribution is 5.98. The third-order valence-corrected chi connectivity index (χ3v) is 5.88. The van der Waals surface area contributed by atoms with E-state index >= 15 is 0 Å². The lowest BCUT2D eigenvalue weighted by molar-refractivity contribution is 0.0270. The molecule has 3 aromatic rings. The Labute approximate surface area is 209 Å². The first-order valence-electron chi connectivity index (χ1n) is 11.9. The first kappa shape index (κ1) is 25.3. The number of benzene rings is 1. The highest BCUT2D eigenvalue weighted by Gasteiger charge is 2.27. The molecule has 0 radical (unpaired) electrons. The van der Waals surface area contributed by atoms with Crippen molar-refractivity contribution in [3.05, 3.63) is 59.2 Å². The number of aromatic nitrogens is 3. The van der Waals surface area contributed by atoms with Crippen molar-refractivity contribution >= 4 is 28.7 Å². The fourth-order valence-corrected chi connectivity index (χ4v) is 4.18. The number of carbonyl (C=O) groups is 2. The number of amides is 1. The van der Waals surface area contributed by atoms with E-state index in [1.165, 1.54) is 19.2 Å². The van der Waals surface area contributed by atoms with Crippen molar-refractivity contribution in [2.45, 2.75) is 52.6 Å². The number of esters is 1. The lowest BCUT2D eigenvalue weighted by Gasteiger charge is -2.29. The maximum Gasteiger partial charge on any atom is 0.410 e. The number of hydrogen-bond donors (Lipinski definition) is 0. The van der Waals surface area contributed by atoms with Crippen LogP contribution in [0.1, 0.15) is 68.7 Å². The normalized spacial score (nSPS) is 14.2. The topological polar surface area (TPSA) is 86.5 Å². The van der Waals surface area contributed by atoms with Gasteiger partial charge in [0.25, 0.3) is 0 Å². The molecule has 1 aliphatic rings. The summed E-state index contributed by atoms with van der Waals surface area (Å²) in [5, 5.41) is 5.64. The molecule has 4 rings (SSSR count). The SMILES string of the molecule is COC(=O)c1cc(C2=CCN(C(=O)OC(C)(C)C)CC2)c2c(C(C)C)nn(-c3ccc(F)cc3)c2n1. The average molecular weight is 495 g/mol. The summed E-state index contributed by atoms with van der Waals surface area (Å²) < 4.78 is 25.7. The molecule has 1 amide bonds. The fourth-order valence-electron chi connectivity index (χ4n) is 4.18. The zero-order chi connectivity index (χ0) is 26.2. The van der Waals surface area contributed by atoms with Gasteiger partial charge >= 0.3 is 12.1 Å². The van der Waals surface area contributed by atoms with Crippen LogP contribution in [0, 0.1) is 5.82 Å². The molecule has 0 saturated carbocycles. The van der Waals surface area contributed by atoms with Gasteiger partial charge in [-0.05, 0) is 74.6 Å². The van der Waals surface area contributed by atoms with Crippen LogP contribution < -0.4 is 0 Å². The molecule has 0 N–H and O–H groups in total. The van der Waals surface area contributed by atoms with E-state index in [9.17, 15) is 14.0 Å². The highest BCUT2D eigenvalue weighted by Crippen LogP contribution is 2.35. The summed E-state index contributed by atoms with van der Waals surface area (Å²) in [6, 6.07) is 7.69. The Morgan fingerprint density at radius 1 is 1.14 bits per heavy atom. The van der Waals surface area contributed by atoms with Gasteiger partial charge in [0.2, 0.25) is 0 Å². The summed E-state index contributed by atoms with van der Waals surface area (Å²) in [6.45, 7) is 10.4. The van der Waals surface area contributed by atoms with Crippen molar-refractivity contribution in [2.24, 2.45) is 0 Å². The predicted octanol–water partition coefficient (Wildman–Crippen LogP) is 5.49. The number of halogens is 1. The summed E-state index contributed by atoms with van der Waals surface area (Å²) in [4.78, 5) is 31.3. The second-order valence-electron chi connectivity index (χ2n) is 10.1. The number of hydrogen-bond acceptors (Lipinski definition) is 6. The van der Waals surface area contributed by atoms with E-state index in [1.54, 1.807) is 27.8 Å². The minimum atomic E-state index is -0.575. The summed E-state index contributed by atoms with van der Waals surface area (Å²) in [5.74, 6) is -0.867. The van der Waals surface area contributed by atoms with E-state index in [4.69, 9.17) is 14.6 Å². The van der Waals surface area contributed by atoms with Gasteiger partial charge in [0.1, 0.15) is 11.4 Å². The molecule has 0 bridgehead atoms. The van der Waals surface area contributed by atoms with Crippen LogP contribution in [0.15, 0.2) is 36.4 Å². The van der Waals surface area contributed by atoms with Gasteiger partial charge in [-0.1, -0.05) is 19.9 Å². The molecule has 0 unspecified atom stereocenters. The van der Waals surface area contributed by atoms with E-state index in [2.05, 4.69) is 4.98 Å². The minimum Gasteiger partial charge on any atom is -0.464 e. The first-order chi connectivity index (χ1) is 17.0. The summed E-state index contributed by atoms with van der Waals surface area (Å²) in [7, 11) is 1.31. The predicted molar refractivity (Wildman–Crippen MR) is 135 cm³/mol. The van der Waals surface area contributed by atoms with E-state index in [1.807, 2.05) is 40.7 Å². The Kier molecular flexibility index (Phi) is 6.84. The second kappa shape index (κ2) is 9.72. The minimum absolute atomic E-state index is 0.0566. The molecule has 1 aliphatic heterocycles. The molecule has 0 atom stereocenters. The standard InChI is InChI=1S/C27H31FN4O4/c1-16(2)23-22-20(17-11-13-31(14-12-17)26(34)36-27(3,4)5)15-21(25(33)35-6)29-24(22)32(30-23)19-9-7-18(28)8-10-19/h7-11,15-16H,12-14H2,1-6H3. The summed E-state index contributed by atoms with van der Waals surface area (Å²) in [6.07, 6.45) is 2.18. The van der Waals surface area contributed by atoms with E-state index < -0.39 is 11.6 Å². The summed E-state index contributed by atoms with van der Waals surface area (Å²) in [5.41, 5.74) is 3.29. The summed E-state index contributed by atoms with van der Waals surface area (Å²) >= 11 is 0. The fraction of sp³-hybridized carbons (Fsp3) is 0.407. The molecule has 3 heterocycles. The van der Waals surface area contributed by atoms with Gasteiger partial charge in [-0.25, -0.2) is 23.6 Å². The van der Waals surface area contributed by atoms with Crippen LogP contribution in [0.4, 0.5) is 9.18 Å². The van der Waals surface area contributed by atoms with Gasteiger partial charge in [-0.3, -0.25) is 0 Å². The van der Waals surface area contributed by atoms with Crippen LogP contribution >= 0.6 is 0 Å². The van der Waals surface area contributed by atoms with Crippen molar-refractivity contribution in [1.29, 1.82) is 0 Å². The Hall–Kier alpha value is -3.75. The molecule has 1 aromatic carbocycles. The highest BCUT2D eigenvalue weighted by atomic mass is 19.1. The van der Waals surface area contributed by atoms with Crippen LogP contribution in [-0.4, -0.2) is 57.5 Å². The lowest BCUT2D eigenvalue weighted by atomic mass is 9.94. The van der Waals surface area contributed by atoms with Gasteiger partial charge < -0.3 is 14.4 Å². The first-order valence-corrected chi connectivity index (χ1v) is 11.9. The number of methoxy groups -OCH3 is 1. The van der Waals surface area contributed by atoms with Crippen molar-refractivity contribution in [3.63, 3.8) is 0 Å². The van der Waals surface area contributed by atoms with Crippen LogP contribution in [-0.2, 0) is 9.47 Å². The second-order valence-corrected chi connectivity index (χ2v) is 10.1. The van der Waals surface area contributed by atoms with Crippen molar-refractivity contribution in [2.75, 3.05) is 20.2 Å². The third kappa shape index (κ3) is 5.10. The molecule has 2 aromatic heterocycles. The number of rotatable bonds is 4. The van der Waals surface area contributed by atoms with Crippen molar-refractivity contribution < 1.29 is 23.5 Å². The van der Waals surface area contributed by atoms with Crippen LogP contribution in [0.2, 0.25) is 0 Å². The monoisotopic (exact) mass is 494 g/mol. The van der Waals surface area contributed by atoms with Gasteiger partial charge in [-0.2, -0.15) is 5.10 Å². The Bertz CT molecular complexity index is 1340. The number of carbonyl (C=O) groups excluding carboxylic acids is 2. The zero-order valence-corrected chi connectivity index (χ0v) is 21.5. The molecule has 0 spiro atoms. The number of ether oxygens (including phenoxy) is 2. The zero-order valence-electron chi connectivity index (χ0n) is 21.5. The molecular weight excluding hydrogens is 463 g/mol. The van der Waals surface area contributed by atoms with E-state index in [0.29, 0.717) is 30.8 Å². The Morgan fingerprint density at radius 3 is 2.39 bits per heavy atom. The molecule has 0 fully saturated rings. The smallest absolute Gasteiger partial charge is 0.410 e. The maximum absolute atomic E-state index is 13.6. The largest absolute Gasteiger partial charge is 0.464 e. The van der Waals surface area contributed by atoms with Crippen LogP contribution in [0.3, 0.4) is 0 Å². The van der Waals surface area contributed by atoms with Crippen molar-refractivity contribution in [3.8, 4) is 5.69 Å². The maximum atomic E-state index is 13.6. The van der Waals surface area contributed by atoms with Gasteiger partial charge in [0.15, 0.2) is 11.3 Å². The van der Waals surface area contributed by atoms with Crippen molar-refractivity contribution in [1.82, 2.24) is 19.7 Å². The van der Waals surface area contributed by atoms with E-state index in [-0.39, 0.29) is 23.5 Å².